The lowest BCUT2D eigenvalue weighted by atomic mass is 10.1. The first kappa shape index (κ1) is 15.6. The Morgan fingerprint density at radius 1 is 1.23 bits per heavy atom. The van der Waals surface area contributed by atoms with Gasteiger partial charge in [-0.1, -0.05) is 18.2 Å². The van der Waals surface area contributed by atoms with Crippen LogP contribution in [-0.2, 0) is 14.8 Å². The van der Waals surface area contributed by atoms with Gasteiger partial charge in [0.2, 0.25) is 0 Å². The zero-order valence-electron chi connectivity index (χ0n) is 12.0. The van der Waals surface area contributed by atoms with Crippen molar-refractivity contribution in [3.63, 3.8) is 0 Å². The van der Waals surface area contributed by atoms with E-state index < -0.39 is 10.0 Å². The van der Waals surface area contributed by atoms with Crippen molar-refractivity contribution < 1.29 is 17.5 Å². The maximum Gasteiger partial charge on any atom is 0.252 e. The normalized spacial score (nSPS) is 23.5. The van der Waals surface area contributed by atoms with Crippen LogP contribution in [0.15, 0.2) is 46.0 Å². The highest BCUT2D eigenvalue weighted by atomic mass is 32.2. The Bertz CT molecular complexity index is 729. The third-order valence-corrected chi connectivity index (χ3v) is 6.76. The highest BCUT2D eigenvalue weighted by Gasteiger charge is 2.34. The summed E-state index contributed by atoms with van der Waals surface area (Å²) < 4.78 is 45.9. The molecule has 1 aliphatic rings. The minimum absolute atomic E-state index is 0.224. The second kappa shape index (κ2) is 6.08. The minimum Gasteiger partial charge on any atom is -0.368 e. The van der Waals surface area contributed by atoms with E-state index >= 15 is 0 Å². The second-order valence-electron chi connectivity index (χ2n) is 5.24. The summed E-state index contributed by atoms with van der Waals surface area (Å²) in [5.41, 5.74) is 0.777. The van der Waals surface area contributed by atoms with Crippen LogP contribution in [-0.4, -0.2) is 31.9 Å². The monoisotopic (exact) mass is 341 g/mol. The van der Waals surface area contributed by atoms with E-state index in [1.807, 2.05) is 6.92 Å². The van der Waals surface area contributed by atoms with E-state index in [4.69, 9.17) is 4.74 Å². The molecule has 0 N–H and O–H groups in total. The maximum atomic E-state index is 13.0. The molecule has 118 valence electrons. The fraction of sp³-hybridized carbons (Fsp3) is 0.333. The van der Waals surface area contributed by atoms with Gasteiger partial charge in [0.1, 0.15) is 10.0 Å². The van der Waals surface area contributed by atoms with Crippen molar-refractivity contribution in [3.8, 4) is 0 Å². The van der Waals surface area contributed by atoms with Crippen LogP contribution >= 0.6 is 11.3 Å². The van der Waals surface area contributed by atoms with Gasteiger partial charge in [0, 0.05) is 13.1 Å². The second-order valence-corrected chi connectivity index (χ2v) is 8.35. The lowest BCUT2D eigenvalue weighted by molar-refractivity contribution is -0.0556. The standard InChI is InChI=1S/C15H16FNO3S2/c1-11-9-17(22(18,19)15-3-2-8-21-15)10-14(20-11)12-4-6-13(16)7-5-12/h2-8,11,14H,9-10H2,1H3. The summed E-state index contributed by atoms with van der Waals surface area (Å²) in [5.74, 6) is -0.323. The van der Waals surface area contributed by atoms with Crippen LogP contribution < -0.4 is 0 Å². The molecule has 0 radical (unpaired) electrons. The molecule has 0 bridgehead atoms. The Morgan fingerprint density at radius 2 is 1.95 bits per heavy atom. The first-order chi connectivity index (χ1) is 10.5. The molecule has 2 atom stereocenters. The molecule has 1 aliphatic heterocycles. The average Bonchev–Trinajstić information content (AvgIpc) is 3.02. The lowest BCUT2D eigenvalue weighted by Gasteiger charge is -2.35. The smallest absolute Gasteiger partial charge is 0.252 e. The van der Waals surface area contributed by atoms with Crippen molar-refractivity contribution >= 4 is 21.4 Å². The number of rotatable bonds is 3. The van der Waals surface area contributed by atoms with Crippen molar-refractivity contribution in [2.75, 3.05) is 13.1 Å². The number of nitrogens with zero attached hydrogens (tertiary/aromatic N) is 1. The van der Waals surface area contributed by atoms with Crippen molar-refractivity contribution in [2.24, 2.45) is 0 Å². The third kappa shape index (κ3) is 3.08. The first-order valence-corrected chi connectivity index (χ1v) is 9.23. The van der Waals surface area contributed by atoms with Gasteiger partial charge in [0.25, 0.3) is 10.0 Å². The van der Waals surface area contributed by atoms with Gasteiger partial charge in [-0.05, 0) is 36.1 Å². The molecule has 2 heterocycles. The zero-order valence-corrected chi connectivity index (χ0v) is 13.6. The lowest BCUT2D eigenvalue weighted by Crippen LogP contribution is -2.45. The third-order valence-electron chi connectivity index (χ3n) is 3.56. The average molecular weight is 341 g/mol. The van der Waals surface area contributed by atoms with Gasteiger partial charge >= 0.3 is 0 Å². The molecule has 7 heteroatoms. The van der Waals surface area contributed by atoms with E-state index in [0.29, 0.717) is 10.8 Å². The van der Waals surface area contributed by atoms with Crippen LogP contribution in [0.1, 0.15) is 18.6 Å². The van der Waals surface area contributed by atoms with Gasteiger partial charge in [-0.25, -0.2) is 12.8 Å². The van der Waals surface area contributed by atoms with Crippen molar-refractivity contribution in [2.45, 2.75) is 23.3 Å². The summed E-state index contributed by atoms with van der Waals surface area (Å²) >= 11 is 1.20. The van der Waals surface area contributed by atoms with E-state index in [2.05, 4.69) is 0 Å². The number of hydrogen-bond donors (Lipinski definition) is 0. The molecule has 1 fully saturated rings. The van der Waals surface area contributed by atoms with E-state index in [1.54, 1.807) is 29.6 Å². The Labute approximate surface area is 133 Å². The molecule has 4 nitrogen and oxygen atoms in total. The molecule has 0 aliphatic carbocycles. The molecule has 22 heavy (non-hydrogen) atoms. The number of hydrogen-bond acceptors (Lipinski definition) is 4. The number of benzene rings is 1. The van der Waals surface area contributed by atoms with Crippen LogP contribution in [0.25, 0.3) is 0 Å². The van der Waals surface area contributed by atoms with Gasteiger partial charge < -0.3 is 4.74 Å². The number of halogens is 1. The Balaban J connectivity index is 1.86. The molecule has 0 spiro atoms. The Morgan fingerprint density at radius 3 is 2.59 bits per heavy atom. The topological polar surface area (TPSA) is 46.6 Å². The summed E-state index contributed by atoms with van der Waals surface area (Å²) in [5, 5.41) is 1.74. The zero-order chi connectivity index (χ0) is 15.7. The fourth-order valence-corrected chi connectivity index (χ4v) is 5.17. The highest BCUT2D eigenvalue weighted by Crippen LogP contribution is 2.30. The predicted octanol–water partition coefficient (Wildman–Crippen LogP) is 3.04. The fourth-order valence-electron chi connectivity index (χ4n) is 2.51. The number of thiophene rings is 1. The largest absolute Gasteiger partial charge is 0.368 e. The van der Waals surface area contributed by atoms with E-state index in [1.165, 1.54) is 27.8 Å². The summed E-state index contributed by atoms with van der Waals surface area (Å²) in [7, 11) is -3.50. The van der Waals surface area contributed by atoms with Gasteiger partial charge in [-0.3, -0.25) is 0 Å². The van der Waals surface area contributed by atoms with Crippen molar-refractivity contribution in [3.05, 3.63) is 53.2 Å². The van der Waals surface area contributed by atoms with Crippen molar-refractivity contribution in [1.29, 1.82) is 0 Å². The first-order valence-electron chi connectivity index (χ1n) is 6.91. The molecule has 1 aromatic carbocycles. The molecular formula is C15H16FNO3S2. The quantitative estimate of drug-likeness (QED) is 0.862. The minimum atomic E-state index is -3.50. The van der Waals surface area contributed by atoms with Gasteiger partial charge in [-0.2, -0.15) is 4.31 Å². The number of morpholine rings is 1. The predicted molar refractivity (Wildman–Crippen MR) is 82.8 cm³/mol. The number of sulfonamides is 1. The highest BCUT2D eigenvalue weighted by molar-refractivity contribution is 7.91. The summed E-state index contributed by atoms with van der Waals surface area (Å²) in [6, 6.07) is 9.31. The molecule has 0 saturated carbocycles. The molecule has 1 aromatic heterocycles. The van der Waals surface area contributed by atoms with Crippen LogP contribution in [0.2, 0.25) is 0 Å². The molecular weight excluding hydrogens is 325 g/mol. The number of ether oxygens (including phenoxy) is 1. The van der Waals surface area contributed by atoms with Crippen LogP contribution in [0.4, 0.5) is 4.39 Å². The SMILES string of the molecule is CC1CN(S(=O)(=O)c2cccs2)CC(c2ccc(F)cc2)O1. The van der Waals surface area contributed by atoms with Gasteiger partial charge in [0.05, 0.1) is 12.2 Å². The van der Waals surface area contributed by atoms with Gasteiger partial charge in [0.15, 0.2) is 0 Å². The van der Waals surface area contributed by atoms with Crippen molar-refractivity contribution in [1.82, 2.24) is 4.31 Å². The van der Waals surface area contributed by atoms with E-state index in [-0.39, 0.29) is 24.6 Å². The van der Waals surface area contributed by atoms with Crippen LogP contribution in [0.3, 0.4) is 0 Å². The molecule has 3 rings (SSSR count). The van der Waals surface area contributed by atoms with E-state index in [0.717, 1.165) is 5.56 Å². The summed E-state index contributed by atoms with van der Waals surface area (Å²) in [4.78, 5) is 0. The molecule has 1 saturated heterocycles. The maximum absolute atomic E-state index is 13.0. The van der Waals surface area contributed by atoms with Crippen LogP contribution in [0, 0.1) is 5.82 Å². The molecule has 0 amide bonds. The van der Waals surface area contributed by atoms with E-state index in [9.17, 15) is 12.8 Å². The summed E-state index contributed by atoms with van der Waals surface area (Å²) in [6.07, 6.45) is -0.613. The van der Waals surface area contributed by atoms with Gasteiger partial charge in [-0.15, -0.1) is 11.3 Å². The Kier molecular flexibility index (Phi) is 4.31. The van der Waals surface area contributed by atoms with Crippen LogP contribution in [0.5, 0.6) is 0 Å². The molecule has 2 unspecified atom stereocenters. The summed E-state index contributed by atoms with van der Waals surface area (Å²) in [6.45, 7) is 2.39. The molecule has 2 aromatic rings. The Hall–Kier alpha value is -1.28.